The zero-order chi connectivity index (χ0) is 26.2. The second kappa shape index (κ2) is 11.8. The molecule has 5 rings (SSSR count). The Morgan fingerprint density at radius 3 is 1.18 bits per heavy atom. The fourth-order valence-electron chi connectivity index (χ4n) is 3.81. The Balaban J connectivity index is 1.26. The molecule has 0 fully saturated rings. The number of hydrogen-bond donors (Lipinski definition) is 0. The lowest BCUT2D eigenvalue weighted by atomic mass is 10.1. The fraction of sp³-hybridized carbons (Fsp3) is 0.0625. The Morgan fingerprint density at radius 1 is 0.500 bits per heavy atom. The van der Waals surface area contributed by atoms with E-state index in [2.05, 4.69) is 29.3 Å². The van der Waals surface area contributed by atoms with Crippen LogP contribution in [0, 0.1) is 0 Å². The minimum atomic E-state index is 0.740. The lowest BCUT2D eigenvalue weighted by molar-refractivity contribution is -0.612. The highest BCUT2D eigenvalue weighted by atomic mass is 16.5. The van der Waals surface area contributed by atoms with Gasteiger partial charge >= 0.3 is 11.6 Å². The largest absolute Gasteiger partial charge is 0.497 e. The maximum atomic E-state index is 5.21. The van der Waals surface area contributed by atoms with Crippen molar-refractivity contribution in [3.05, 3.63) is 132 Å². The number of hydrogen-bond acceptors (Lipinski definition) is 4. The summed E-state index contributed by atoms with van der Waals surface area (Å²) in [7, 11) is 3.34. The second-order valence-electron chi connectivity index (χ2n) is 8.53. The topological polar surface area (TPSA) is 52.0 Å². The second-order valence-corrected chi connectivity index (χ2v) is 8.53. The minimum absolute atomic E-state index is 0.740. The van der Waals surface area contributed by atoms with Gasteiger partial charge in [-0.15, -0.1) is 0 Å². The Labute approximate surface area is 222 Å². The SMILES string of the molecule is COc1ccc(/C=C/c2cc[n+](-c3cncc(-[n+]4ccc(/C=C/c5ccc(OC)cc5)cc4)n3)cc2)cc1. The molecule has 0 radical (unpaired) electrons. The van der Waals surface area contributed by atoms with Crippen molar-refractivity contribution in [2.45, 2.75) is 0 Å². The Hall–Kier alpha value is -5.10. The zero-order valence-electron chi connectivity index (χ0n) is 21.3. The average Bonchev–Trinajstić information content (AvgIpc) is 3.00. The quantitative estimate of drug-likeness (QED) is 0.268. The van der Waals surface area contributed by atoms with Crippen LogP contribution in [-0.2, 0) is 0 Å². The molecule has 186 valence electrons. The molecule has 0 bridgehead atoms. The number of ether oxygens (including phenoxy) is 2. The summed E-state index contributed by atoms with van der Waals surface area (Å²) in [6.45, 7) is 0. The van der Waals surface area contributed by atoms with E-state index in [0.717, 1.165) is 45.4 Å². The normalized spacial score (nSPS) is 11.2. The van der Waals surface area contributed by atoms with Gasteiger partial charge in [0.05, 0.1) is 39.0 Å². The lowest BCUT2D eigenvalue weighted by Crippen LogP contribution is -2.36. The third-order valence-corrected chi connectivity index (χ3v) is 6.02. The third-order valence-electron chi connectivity index (χ3n) is 6.02. The van der Waals surface area contributed by atoms with Gasteiger partial charge in [0, 0.05) is 4.98 Å². The monoisotopic (exact) mass is 500 g/mol. The highest BCUT2D eigenvalue weighted by Crippen LogP contribution is 2.15. The van der Waals surface area contributed by atoms with Crippen molar-refractivity contribution >= 4 is 24.3 Å². The summed E-state index contributed by atoms with van der Waals surface area (Å²) in [4.78, 5) is 9.21. The molecule has 0 unspecified atom stereocenters. The number of nitrogens with zero attached hydrogens (tertiary/aromatic N) is 4. The summed E-state index contributed by atoms with van der Waals surface area (Å²) in [6, 6.07) is 24.1. The predicted molar refractivity (Wildman–Crippen MR) is 149 cm³/mol. The highest BCUT2D eigenvalue weighted by molar-refractivity contribution is 5.70. The third kappa shape index (κ3) is 6.17. The molecule has 38 heavy (non-hydrogen) atoms. The van der Waals surface area contributed by atoms with Gasteiger partial charge in [-0.2, -0.15) is 0 Å². The first-order valence-electron chi connectivity index (χ1n) is 12.2. The highest BCUT2D eigenvalue weighted by Gasteiger charge is 2.14. The van der Waals surface area contributed by atoms with Gasteiger partial charge in [-0.1, -0.05) is 48.6 Å². The van der Waals surface area contributed by atoms with E-state index in [4.69, 9.17) is 14.5 Å². The maximum Gasteiger partial charge on any atom is 0.351 e. The maximum absolute atomic E-state index is 5.21. The molecule has 0 aliphatic carbocycles. The van der Waals surface area contributed by atoms with E-state index in [9.17, 15) is 0 Å². The molecule has 0 aliphatic heterocycles. The molecule has 3 heterocycles. The molecule has 6 heteroatoms. The van der Waals surface area contributed by atoms with Crippen LogP contribution >= 0.6 is 0 Å². The number of aromatic nitrogens is 4. The van der Waals surface area contributed by atoms with Crippen LogP contribution in [0.1, 0.15) is 22.3 Å². The van der Waals surface area contributed by atoms with Crippen molar-refractivity contribution in [3.8, 4) is 23.1 Å². The standard InChI is InChI=1S/C32H28N4O2/c1-37-29-11-7-25(8-12-29)3-5-27-15-19-35(20-16-27)31-23-33-24-32(34-31)36-21-17-28(18-22-36)6-4-26-9-13-30(38-2)14-10-26/h3-24H,1-2H3/q+2/b5-3+,6-4+. The van der Waals surface area contributed by atoms with E-state index in [0.29, 0.717) is 0 Å². The first-order chi connectivity index (χ1) is 18.7. The summed E-state index contributed by atoms with van der Waals surface area (Å²) in [5, 5.41) is 0. The van der Waals surface area contributed by atoms with Crippen molar-refractivity contribution in [2.75, 3.05) is 14.2 Å². The molecule has 6 nitrogen and oxygen atoms in total. The Morgan fingerprint density at radius 2 is 0.842 bits per heavy atom. The number of benzene rings is 2. The molecule has 2 aromatic carbocycles. The van der Waals surface area contributed by atoms with Gasteiger partial charge < -0.3 is 9.47 Å². The van der Waals surface area contributed by atoms with Gasteiger partial charge in [-0.05, 0) is 70.8 Å². The van der Waals surface area contributed by atoms with E-state index in [-0.39, 0.29) is 0 Å². The summed E-state index contributed by atoms with van der Waals surface area (Å²) in [6.07, 6.45) is 19.8. The number of rotatable bonds is 8. The Kier molecular flexibility index (Phi) is 7.61. The van der Waals surface area contributed by atoms with Crippen LogP contribution in [0.4, 0.5) is 0 Å². The minimum Gasteiger partial charge on any atom is -0.497 e. The molecular formula is C32H28N4O2+2. The van der Waals surface area contributed by atoms with Crippen LogP contribution in [0.15, 0.2) is 110 Å². The molecule has 0 saturated heterocycles. The molecule has 0 amide bonds. The Bertz CT molecular complexity index is 1430. The zero-order valence-corrected chi connectivity index (χ0v) is 21.3. The van der Waals surface area contributed by atoms with Crippen LogP contribution in [0.3, 0.4) is 0 Å². The van der Waals surface area contributed by atoms with Crippen LogP contribution < -0.4 is 18.6 Å². The van der Waals surface area contributed by atoms with Crippen molar-refractivity contribution < 1.29 is 18.6 Å². The van der Waals surface area contributed by atoms with Crippen LogP contribution in [-0.4, -0.2) is 24.2 Å². The van der Waals surface area contributed by atoms with Crippen molar-refractivity contribution in [1.82, 2.24) is 9.97 Å². The van der Waals surface area contributed by atoms with E-state index in [1.54, 1.807) is 26.6 Å². The smallest absolute Gasteiger partial charge is 0.351 e. The molecule has 0 spiro atoms. The molecule has 0 saturated carbocycles. The van der Waals surface area contributed by atoms with Crippen LogP contribution in [0.5, 0.6) is 11.5 Å². The first kappa shape index (κ1) is 24.6. The summed E-state index contributed by atoms with van der Waals surface area (Å²) in [5.41, 5.74) is 4.41. The predicted octanol–water partition coefficient (Wildman–Crippen LogP) is 5.39. The summed E-state index contributed by atoms with van der Waals surface area (Å²) in [5.74, 6) is 3.18. The van der Waals surface area contributed by atoms with E-state index >= 15 is 0 Å². The van der Waals surface area contributed by atoms with Gasteiger partial charge in [0.1, 0.15) is 23.9 Å². The average molecular weight is 501 g/mol. The van der Waals surface area contributed by atoms with Gasteiger partial charge in [0.15, 0.2) is 0 Å². The van der Waals surface area contributed by atoms with Crippen LogP contribution in [0.2, 0.25) is 0 Å². The van der Waals surface area contributed by atoms with Gasteiger partial charge in [-0.25, -0.2) is 14.1 Å². The lowest BCUT2D eigenvalue weighted by Gasteiger charge is -2.01. The van der Waals surface area contributed by atoms with E-state index in [1.165, 1.54) is 0 Å². The first-order valence-corrected chi connectivity index (χ1v) is 12.2. The molecular weight excluding hydrogens is 472 g/mol. The van der Waals surface area contributed by atoms with Gasteiger partial charge in [0.2, 0.25) is 0 Å². The summed E-state index contributed by atoms with van der Waals surface area (Å²) < 4.78 is 14.3. The van der Waals surface area contributed by atoms with Gasteiger partial charge in [0.25, 0.3) is 0 Å². The van der Waals surface area contributed by atoms with Crippen molar-refractivity contribution in [3.63, 3.8) is 0 Å². The number of pyridine rings is 2. The molecule has 3 aromatic heterocycles. The summed E-state index contributed by atoms with van der Waals surface area (Å²) >= 11 is 0. The van der Waals surface area contributed by atoms with E-state index in [1.807, 2.05) is 107 Å². The molecule has 0 N–H and O–H groups in total. The van der Waals surface area contributed by atoms with E-state index < -0.39 is 0 Å². The fourth-order valence-corrected chi connectivity index (χ4v) is 3.81. The van der Waals surface area contributed by atoms with Gasteiger partial charge in [-0.3, -0.25) is 0 Å². The van der Waals surface area contributed by atoms with Crippen LogP contribution in [0.25, 0.3) is 35.9 Å². The molecule has 5 aromatic rings. The molecule has 0 aliphatic rings. The van der Waals surface area contributed by atoms with Crippen molar-refractivity contribution in [2.24, 2.45) is 0 Å². The number of methoxy groups -OCH3 is 2. The molecule has 0 atom stereocenters. The van der Waals surface area contributed by atoms with Crippen molar-refractivity contribution in [1.29, 1.82) is 0 Å².